The number of benzene rings is 2. The molecular formula is C26H27FNO8P. The fraction of sp³-hybridized carbons (Fsp3) is 0.269. The summed E-state index contributed by atoms with van der Waals surface area (Å²) in [6.07, 6.45) is 3.54. The van der Waals surface area contributed by atoms with Crippen molar-refractivity contribution in [3.05, 3.63) is 77.0 Å². The van der Waals surface area contributed by atoms with Crippen molar-refractivity contribution in [3.63, 3.8) is 0 Å². The SMILES string of the molecule is COc1cc(/C=C2\c3ccc(F)cc3C(CC(=O)NCc3ccco3)C2C)cc(OC)c1OP(=O)(O)O. The van der Waals surface area contributed by atoms with Crippen LogP contribution in [0.1, 0.15) is 41.7 Å². The van der Waals surface area contributed by atoms with Gasteiger partial charge in [0.2, 0.25) is 11.7 Å². The molecule has 3 aromatic rings. The number of carbonyl (C=O) groups excluding carboxylic acids is 1. The number of furan rings is 1. The molecule has 4 rings (SSSR count). The summed E-state index contributed by atoms with van der Waals surface area (Å²) in [4.78, 5) is 31.3. The Morgan fingerprint density at radius 3 is 2.46 bits per heavy atom. The van der Waals surface area contributed by atoms with Gasteiger partial charge in [0.15, 0.2) is 11.5 Å². The van der Waals surface area contributed by atoms with Crippen LogP contribution >= 0.6 is 7.82 Å². The fourth-order valence-corrected chi connectivity index (χ4v) is 4.99. The van der Waals surface area contributed by atoms with E-state index in [2.05, 4.69) is 5.32 Å². The highest BCUT2D eigenvalue weighted by Gasteiger charge is 2.35. The Hall–Kier alpha value is -3.59. The molecule has 2 unspecified atom stereocenters. The van der Waals surface area contributed by atoms with E-state index in [1.165, 1.54) is 32.6 Å². The number of halogens is 1. The second kappa shape index (κ2) is 10.8. The van der Waals surface area contributed by atoms with Gasteiger partial charge in [0.1, 0.15) is 11.6 Å². The zero-order valence-electron chi connectivity index (χ0n) is 20.4. The number of nitrogens with one attached hydrogen (secondary N) is 1. The Morgan fingerprint density at radius 2 is 1.86 bits per heavy atom. The first-order valence-corrected chi connectivity index (χ1v) is 12.9. The van der Waals surface area contributed by atoms with Gasteiger partial charge in [-0.1, -0.05) is 19.1 Å². The van der Waals surface area contributed by atoms with Gasteiger partial charge < -0.3 is 23.7 Å². The number of hydrogen-bond donors (Lipinski definition) is 3. The van der Waals surface area contributed by atoms with Crippen LogP contribution in [0.2, 0.25) is 0 Å². The molecule has 196 valence electrons. The molecule has 0 aliphatic heterocycles. The summed E-state index contributed by atoms with van der Waals surface area (Å²) >= 11 is 0. The van der Waals surface area contributed by atoms with Gasteiger partial charge >= 0.3 is 7.82 Å². The van der Waals surface area contributed by atoms with Crippen molar-refractivity contribution in [2.24, 2.45) is 5.92 Å². The normalized spacial score (nSPS) is 17.9. The number of rotatable bonds is 9. The number of amides is 1. The van der Waals surface area contributed by atoms with Gasteiger partial charge in [-0.25, -0.2) is 8.96 Å². The van der Waals surface area contributed by atoms with Crippen LogP contribution in [0.4, 0.5) is 4.39 Å². The Balaban J connectivity index is 1.67. The van der Waals surface area contributed by atoms with E-state index in [-0.39, 0.29) is 48.0 Å². The summed E-state index contributed by atoms with van der Waals surface area (Å²) < 4.78 is 46.3. The van der Waals surface area contributed by atoms with E-state index < -0.39 is 13.6 Å². The van der Waals surface area contributed by atoms with Crippen LogP contribution in [0, 0.1) is 11.7 Å². The quantitative estimate of drug-likeness (QED) is 0.333. The number of allylic oxidation sites excluding steroid dienone is 1. The Morgan fingerprint density at radius 1 is 1.16 bits per heavy atom. The molecule has 2 aromatic carbocycles. The number of carbonyl (C=O) groups is 1. The first kappa shape index (κ1) is 26.5. The van der Waals surface area contributed by atoms with Crippen LogP contribution in [-0.2, 0) is 15.9 Å². The molecule has 1 aliphatic rings. The van der Waals surface area contributed by atoms with Crippen molar-refractivity contribution < 1.29 is 42.0 Å². The van der Waals surface area contributed by atoms with E-state index in [0.29, 0.717) is 11.3 Å². The van der Waals surface area contributed by atoms with Crippen molar-refractivity contribution in [1.29, 1.82) is 0 Å². The second-order valence-corrected chi connectivity index (χ2v) is 9.79. The molecule has 1 heterocycles. The van der Waals surface area contributed by atoms with Crippen LogP contribution < -0.4 is 19.3 Å². The molecule has 3 N–H and O–H groups in total. The van der Waals surface area contributed by atoms with E-state index in [9.17, 15) is 23.5 Å². The Kier molecular flexibility index (Phi) is 7.73. The third-order valence-corrected chi connectivity index (χ3v) is 6.70. The van der Waals surface area contributed by atoms with Gasteiger partial charge in [0.05, 0.1) is 27.0 Å². The maximum atomic E-state index is 14.2. The molecule has 0 radical (unpaired) electrons. The monoisotopic (exact) mass is 531 g/mol. The third kappa shape index (κ3) is 6.05. The molecule has 37 heavy (non-hydrogen) atoms. The highest BCUT2D eigenvalue weighted by Crippen LogP contribution is 2.51. The Bertz CT molecular complexity index is 1340. The van der Waals surface area contributed by atoms with Crippen molar-refractivity contribution in [2.75, 3.05) is 14.2 Å². The van der Waals surface area contributed by atoms with Gasteiger partial charge in [0.25, 0.3) is 0 Å². The van der Waals surface area contributed by atoms with E-state index >= 15 is 0 Å². The number of ether oxygens (including phenoxy) is 2. The maximum absolute atomic E-state index is 14.2. The number of fused-ring (bicyclic) bond motifs is 1. The van der Waals surface area contributed by atoms with Crippen molar-refractivity contribution in [2.45, 2.75) is 25.8 Å². The van der Waals surface area contributed by atoms with Crippen molar-refractivity contribution >= 4 is 25.4 Å². The van der Waals surface area contributed by atoms with Gasteiger partial charge in [-0.2, -0.15) is 0 Å². The summed E-state index contributed by atoms with van der Waals surface area (Å²) in [7, 11) is -2.19. The number of hydrogen-bond acceptors (Lipinski definition) is 6. The minimum absolute atomic E-state index is 0.0633. The summed E-state index contributed by atoms with van der Waals surface area (Å²) in [5, 5.41) is 2.84. The maximum Gasteiger partial charge on any atom is 0.525 e. The first-order chi connectivity index (χ1) is 17.6. The van der Waals surface area contributed by atoms with Crippen LogP contribution in [-0.4, -0.2) is 29.9 Å². The van der Waals surface area contributed by atoms with E-state index in [4.69, 9.17) is 18.4 Å². The first-order valence-electron chi connectivity index (χ1n) is 11.4. The lowest BCUT2D eigenvalue weighted by Gasteiger charge is -2.18. The van der Waals surface area contributed by atoms with Crippen molar-refractivity contribution in [3.8, 4) is 17.2 Å². The van der Waals surface area contributed by atoms with E-state index in [1.54, 1.807) is 30.3 Å². The molecular weight excluding hydrogens is 504 g/mol. The lowest BCUT2D eigenvalue weighted by Crippen LogP contribution is -2.25. The lowest BCUT2D eigenvalue weighted by molar-refractivity contribution is -0.121. The summed E-state index contributed by atoms with van der Waals surface area (Å²) in [6.45, 7) is 2.22. The summed E-state index contributed by atoms with van der Waals surface area (Å²) in [5.41, 5.74) is 3.01. The van der Waals surface area contributed by atoms with Crippen LogP contribution in [0.15, 0.2) is 53.1 Å². The molecule has 0 saturated carbocycles. The average Bonchev–Trinajstić information content (AvgIpc) is 3.45. The highest BCUT2D eigenvalue weighted by molar-refractivity contribution is 7.46. The number of phosphoric ester groups is 1. The third-order valence-electron chi connectivity index (χ3n) is 6.28. The second-order valence-electron chi connectivity index (χ2n) is 8.62. The summed E-state index contributed by atoms with van der Waals surface area (Å²) in [6, 6.07) is 11.1. The molecule has 0 saturated heterocycles. The molecule has 0 bridgehead atoms. The molecule has 1 aromatic heterocycles. The predicted octanol–water partition coefficient (Wildman–Crippen LogP) is 4.89. The lowest BCUT2D eigenvalue weighted by atomic mass is 9.88. The fourth-order valence-electron chi connectivity index (χ4n) is 4.57. The Labute approximate surface area is 213 Å². The molecule has 0 fully saturated rings. The summed E-state index contributed by atoms with van der Waals surface area (Å²) in [5.74, 6) is -0.463. The van der Waals surface area contributed by atoms with Crippen molar-refractivity contribution in [1.82, 2.24) is 5.32 Å². The van der Waals surface area contributed by atoms with E-state index in [1.807, 2.05) is 13.0 Å². The minimum Gasteiger partial charge on any atom is -0.493 e. The molecule has 0 spiro atoms. The smallest absolute Gasteiger partial charge is 0.493 e. The molecule has 2 atom stereocenters. The predicted molar refractivity (Wildman–Crippen MR) is 134 cm³/mol. The van der Waals surface area contributed by atoms with E-state index in [0.717, 1.165) is 16.7 Å². The largest absolute Gasteiger partial charge is 0.525 e. The van der Waals surface area contributed by atoms with Gasteiger partial charge in [-0.15, -0.1) is 0 Å². The van der Waals surface area contributed by atoms with Crippen LogP contribution in [0.5, 0.6) is 17.2 Å². The average molecular weight is 531 g/mol. The minimum atomic E-state index is -4.87. The van der Waals surface area contributed by atoms with Gasteiger partial charge in [0, 0.05) is 6.42 Å². The zero-order chi connectivity index (χ0) is 26.7. The van der Waals surface area contributed by atoms with Crippen LogP contribution in [0.25, 0.3) is 11.6 Å². The van der Waals surface area contributed by atoms with Gasteiger partial charge in [-0.05, 0) is 70.5 Å². The molecule has 9 nitrogen and oxygen atoms in total. The van der Waals surface area contributed by atoms with Crippen LogP contribution in [0.3, 0.4) is 0 Å². The zero-order valence-corrected chi connectivity index (χ0v) is 21.3. The number of methoxy groups -OCH3 is 2. The molecule has 1 aliphatic carbocycles. The standard InChI is InChI=1S/C26H27FNO8P/c1-15-20(9-16-10-23(33-2)26(24(11-16)34-3)36-37(30,31)32)19-7-6-17(27)12-22(19)21(15)13-25(29)28-14-18-5-4-8-35-18/h4-12,15,21H,13-14H2,1-3H3,(H,28,29)(H2,30,31,32)/b20-9-. The number of phosphoric acid groups is 1. The van der Waals surface area contributed by atoms with Gasteiger partial charge in [-0.3, -0.25) is 14.6 Å². The molecule has 1 amide bonds. The highest BCUT2D eigenvalue weighted by atomic mass is 31.2. The topological polar surface area (TPSA) is 127 Å². The molecule has 11 heteroatoms.